The third kappa shape index (κ3) is 5.35. The van der Waals surface area contributed by atoms with Crippen molar-refractivity contribution in [1.29, 1.82) is 0 Å². The number of carbonyl (C=O) groups excluding carboxylic acids is 3. The standard InChI is InChI=1S/C28H27N5O4/c1-18(25(34)31-24-19(2)32(3)33(28(24)37)21-14-8-5-9-15-21)29-27(36)22-16-10-11-17-23(22)30-26(35)20-12-6-4-7-13-20/h4-18H,1-3H3,(H,29,36)(H,30,35)(H,31,34)/t18-/m0/s1. The molecule has 0 saturated heterocycles. The van der Waals surface area contributed by atoms with Crippen LogP contribution in [-0.4, -0.2) is 33.1 Å². The first-order valence-electron chi connectivity index (χ1n) is 11.7. The fraction of sp³-hybridized carbons (Fsp3) is 0.143. The fourth-order valence-electron chi connectivity index (χ4n) is 3.86. The molecule has 0 bridgehead atoms. The van der Waals surface area contributed by atoms with Crippen LogP contribution in [0.2, 0.25) is 0 Å². The van der Waals surface area contributed by atoms with E-state index < -0.39 is 17.9 Å². The first kappa shape index (κ1) is 25.2. The lowest BCUT2D eigenvalue weighted by molar-refractivity contribution is -0.117. The minimum atomic E-state index is -0.963. The van der Waals surface area contributed by atoms with Crippen LogP contribution >= 0.6 is 0 Å². The van der Waals surface area contributed by atoms with Crippen molar-refractivity contribution in [3.05, 3.63) is 112 Å². The van der Waals surface area contributed by atoms with Crippen LogP contribution in [0.4, 0.5) is 11.4 Å². The van der Waals surface area contributed by atoms with Crippen molar-refractivity contribution in [1.82, 2.24) is 14.7 Å². The summed E-state index contributed by atoms with van der Waals surface area (Å²) in [6.45, 7) is 3.25. The third-order valence-corrected chi connectivity index (χ3v) is 6.00. The second-order valence-electron chi connectivity index (χ2n) is 8.49. The summed E-state index contributed by atoms with van der Waals surface area (Å²) in [5.74, 6) is -1.45. The Morgan fingerprint density at radius 3 is 2.05 bits per heavy atom. The van der Waals surface area contributed by atoms with Gasteiger partial charge in [0, 0.05) is 12.6 Å². The van der Waals surface area contributed by atoms with Crippen LogP contribution in [-0.2, 0) is 11.8 Å². The quantitative estimate of drug-likeness (QED) is 0.363. The van der Waals surface area contributed by atoms with E-state index in [2.05, 4.69) is 16.0 Å². The molecule has 0 aliphatic rings. The lowest BCUT2D eigenvalue weighted by atomic mass is 10.1. The molecule has 3 N–H and O–H groups in total. The number of rotatable bonds is 7. The number of anilines is 2. The predicted octanol–water partition coefficient (Wildman–Crippen LogP) is 3.49. The lowest BCUT2D eigenvalue weighted by Crippen LogP contribution is -2.42. The van der Waals surface area contributed by atoms with Gasteiger partial charge in [0.05, 0.1) is 22.6 Å². The number of hydrogen-bond donors (Lipinski definition) is 3. The number of benzene rings is 3. The maximum Gasteiger partial charge on any atom is 0.295 e. The van der Waals surface area contributed by atoms with E-state index in [1.165, 1.54) is 11.6 Å². The van der Waals surface area contributed by atoms with Crippen molar-refractivity contribution in [3.63, 3.8) is 0 Å². The molecule has 0 unspecified atom stereocenters. The van der Waals surface area contributed by atoms with Crippen molar-refractivity contribution in [2.24, 2.45) is 7.05 Å². The maximum atomic E-state index is 13.1. The summed E-state index contributed by atoms with van der Waals surface area (Å²) < 4.78 is 3.11. The van der Waals surface area contributed by atoms with Gasteiger partial charge in [0.1, 0.15) is 11.7 Å². The molecule has 0 spiro atoms. The van der Waals surface area contributed by atoms with Gasteiger partial charge in [-0.3, -0.25) is 23.9 Å². The van der Waals surface area contributed by atoms with Gasteiger partial charge in [-0.05, 0) is 50.2 Å². The lowest BCUT2D eigenvalue weighted by Gasteiger charge is -2.16. The number of amides is 3. The first-order chi connectivity index (χ1) is 17.8. The van der Waals surface area contributed by atoms with Crippen molar-refractivity contribution in [3.8, 4) is 5.69 Å². The summed E-state index contributed by atoms with van der Waals surface area (Å²) in [5.41, 5.74) is 1.94. The minimum absolute atomic E-state index is 0.132. The second kappa shape index (κ2) is 10.8. The van der Waals surface area contributed by atoms with E-state index in [1.54, 1.807) is 85.4 Å². The Balaban J connectivity index is 1.48. The second-order valence-corrected chi connectivity index (χ2v) is 8.49. The van der Waals surface area contributed by atoms with Crippen LogP contribution in [0.1, 0.15) is 33.3 Å². The highest BCUT2D eigenvalue weighted by Gasteiger charge is 2.23. The summed E-state index contributed by atoms with van der Waals surface area (Å²) >= 11 is 0. The van der Waals surface area contributed by atoms with Gasteiger partial charge in [-0.15, -0.1) is 0 Å². The van der Waals surface area contributed by atoms with Crippen molar-refractivity contribution in [2.45, 2.75) is 19.9 Å². The van der Waals surface area contributed by atoms with Gasteiger partial charge < -0.3 is 16.0 Å². The maximum absolute atomic E-state index is 13.1. The molecule has 1 heterocycles. The van der Waals surface area contributed by atoms with Gasteiger partial charge in [0.25, 0.3) is 17.4 Å². The summed E-state index contributed by atoms with van der Waals surface area (Å²) in [4.78, 5) is 51.6. The van der Waals surface area contributed by atoms with Gasteiger partial charge in [-0.1, -0.05) is 48.5 Å². The Hall–Kier alpha value is -4.92. The monoisotopic (exact) mass is 497 g/mol. The fourth-order valence-corrected chi connectivity index (χ4v) is 3.86. The Labute approximate surface area is 213 Å². The Morgan fingerprint density at radius 2 is 1.38 bits per heavy atom. The minimum Gasteiger partial charge on any atom is -0.340 e. The molecule has 37 heavy (non-hydrogen) atoms. The smallest absolute Gasteiger partial charge is 0.295 e. The molecule has 188 valence electrons. The van der Waals surface area contributed by atoms with E-state index >= 15 is 0 Å². The Bertz CT molecular complexity index is 1510. The SMILES string of the molecule is Cc1c(NC(=O)[C@H](C)NC(=O)c2ccccc2NC(=O)c2ccccc2)c(=O)n(-c2ccccc2)n1C. The zero-order chi connectivity index (χ0) is 26.5. The van der Waals surface area contributed by atoms with Gasteiger partial charge in [0.15, 0.2) is 0 Å². The number of para-hydroxylation sites is 2. The van der Waals surface area contributed by atoms with E-state index in [-0.39, 0.29) is 22.7 Å². The number of nitrogens with one attached hydrogen (secondary N) is 3. The van der Waals surface area contributed by atoms with E-state index in [0.717, 1.165) is 0 Å². The summed E-state index contributed by atoms with van der Waals surface area (Å²) in [5, 5.41) is 8.04. The molecule has 4 rings (SSSR count). The zero-order valence-electron chi connectivity index (χ0n) is 20.7. The zero-order valence-corrected chi connectivity index (χ0v) is 20.7. The molecule has 4 aromatic rings. The summed E-state index contributed by atoms with van der Waals surface area (Å²) in [6.07, 6.45) is 0. The average Bonchev–Trinajstić information content (AvgIpc) is 3.12. The van der Waals surface area contributed by atoms with E-state index in [0.29, 0.717) is 22.6 Å². The van der Waals surface area contributed by atoms with Crippen molar-refractivity contribution in [2.75, 3.05) is 10.6 Å². The largest absolute Gasteiger partial charge is 0.340 e. The molecule has 0 aliphatic heterocycles. The van der Waals surface area contributed by atoms with Gasteiger partial charge in [0.2, 0.25) is 5.91 Å². The van der Waals surface area contributed by atoms with Crippen LogP contribution in [0.25, 0.3) is 5.69 Å². The van der Waals surface area contributed by atoms with Crippen molar-refractivity contribution >= 4 is 29.1 Å². The topological polar surface area (TPSA) is 114 Å². The molecule has 0 aliphatic carbocycles. The molecule has 1 atom stereocenters. The highest BCUT2D eigenvalue weighted by Crippen LogP contribution is 2.17. The molecule has 3 aromatic carbocycles. The predicted molar refractivity (Wildman–Crippen MR) is 142 cm³/mol. The first-order valence-corrected chi connectivity index (χ1v) is 11.7. The Kier molecular flexibility index (Phi) is 7.34. The number of nitrogens with zero attached hydrogens (tertiary/aromatic N) is 2. The van der Waals surface area contributed by atoms with Gasteiger partial charge in [-0.25, -0.2) is 4.68 Å². The Morgan fingerprint density at radius 1 is 0.784 bits per heavy atom. The highest BCUT2D eigenvalue weighted by molar-refractivity contribution is 6.10. The van der Waals surface area contributed by atoms with Crippen LogP contribution in [0.15, 0.2) is 89.7 Å². The van der Waals surface area contributed by atoms with Crippen LogP contribution in [0.5, 0.6) is 0 Å². The van der Waals surface area contributed by atoms with E-state index in [4.69, 9.17) is 0 Å². The molecule has 9 heteroatoms. The molecule has 1 aromatic heterocycles. The molecule has 3 amide bonds. The molecular weight excluding hydrogens is 470 g/mol. The third-order valence-electron chi connectivity index (χ3n) is 6.00. The molecule has 0 saturated carbocycles. The normalized spacial score (nSPS) is 11.4. The van der Waals surface area contributed by atoms with Crippen LogP contribution < -0.4 is 21.5 Å². The van der Waals surface area contributed by atoms with Gasteiger partial charge >= 0.3 is 0 Å². The van der Waals surface area contributed by atoms with E-state index in [1.807, 2.05) is 18.2 Å². The molecule has 0 radical (unpaired) electrons. The number of aromatic nitrogens is 2. The van der Waals surface area contributed by atoms with Crippen LogP contribution in [0.3, 0.4) is 0 Å². The van der Waals surface area contributed by atoms with Crippen LogP contribution in [0, 0.1) is 6.92 Å². The summed E-state index contributed by atoms with van der Waals surface area (Å²) in [7, 11) is 1.73. The molecule has 9 nitrogen and oxygen atoms in total. The van der Waals surface area contributed by atoms with Gasteiger partial charge in [-0.2, -0.15) is 0 Å². The molecular formula is C28H27N5O4. The van der Waals surface area contributed by atoms with E-state index in [9.17, 15) is 19.2 Å². The average molecular weight is 498 g/mol. The highest BCUT2D eigenvalue weighted by atomic mass is 16.2. The van der Waals surface area contributed by atoms with Crippen molar-refractivity contribution < 1.29 is 14.4 Å². The number of hydrogen-bond acceptors (Lipinski definition) is 4. The number of carbonyl (C=O) groups is 3. The summed E-state index contributed by atoms with van der Waals surface area (Å²) in [6, 6.07) is 23.3. The molecule has 0 fully saturated rings.